The summed E-state index contributed by atoms with van der Waals surface area (Å²) in [5.74, 6) is -0.683. The number of H-pyrrole nitrogens is 1. The predicted octanol–water partition coefficient (Wildman–Crippen LogP) is 3.69. The maximum Gasteiger partial charge on any atom is 0.434 e. The monoisotopic (exact) mass is 372 g/mol. The summed E-state index contributed by atoms with van der Waals surface area (Å²) in [7, 11) is 0. The Morgan fingerprint density at radius 1 is 1.11 bits per heavy atom. The Morgan fingerprint density at radius 3 is 2.63 bits per heavy atom. The highest BCUT2D eigenvalue weighted by molar-refractivity contribution is 5.95. The van der Waals surface area contributed by atoms with Crippen LogP contribution in [0.1, 0.15) is 27.3 Å². The van der Waals surface area contributed by atoms with Crippen LogP contribution in [0.2, 0.25) is 0 Å². The number of pyridine rings is 1. The number of halogens is 3. The zero-order valence-electron chi connectivity index (χ0n) is 14.1. The number of hydrogen-bond donors (Lipinski definition) is 1. The van der Waals surface area contributed by atoms with Gasteiger partial charge >= 0.3 is 6.18 Å². The average molecular weight is 372 g/mol. The smallest absolute Gasteiger partial charge is 0.332 e. The van der Waals surface area contributed by atoms with Gasteiger partial charge in [0.2, 0.25) is 0 Å². The van der Waals surface area contributed by atoms with Crippen LogP contribution in [0.5, 0.6) is 0 Å². The number of carbonyl (C=O) groups is 1. The van der Waals surface area contributed by atoms with E-state index < -0.39 is 23.3 Å². The quantitative estimate of drug-likeness (QED) is 0.746. The number of nitrogens with zero attached hydrogens (tertiary/aromatic N) is 3. The van der Waals surface area contributed by atoms with Crippen molar-refractivity contribution in [3.63, 3.8) is 0 Å². The zero-order valence-corrected chi connectivity index (χ0v) is 14.1. The van der Waals surface area contributed by atoms with Crippen molar-refractivity contribution in [1.82, 2.24) is 20.1 Å². The summed E-state index contributed by atoms with van der Waals surface area (Å²) >= 11 is 0. The molecule has 0 saturated heterocycles. The minimum absolute atomic E-state index is 0.181. The molecule has 0 saturated carbocycles. The van der Waals surface area contributed by atoms with Gasteiger partial charge in [0, 0.05) is 23.9 Å². The fourth-order valence-corrected chi connectivity index (χ4v) is 3.30. The number of rotatable bonds is 2. The molecule has 0 fully saturated rings. The summed E-state index contributed by atoms with van der Waals surface area (Å²) in [6.07, 6.45) is -3.12. The van der Waals surface area contributed by atoms with Gasteiger partial charge in [0.15, 0.2) is 5.69 Å². The second kappa shape index (κ2) is 6.53. The maximum absolute atomic E-state index is 13.2. The fourth-order valence-electron chi connectivity index (χ4n) is 3.30. The molecule has 0 aliphatic carbocycles. The number of amides is 1. The third-order valence-electron chi connectivity index (χ3n) is 4.57. The molecule has 1 amide bonds. The molecule has 3 heterocycles. The van der Waals surface area contributed by atoms with E-state index in [1.807, 2.05) is 30.3 Å². The number of nitrogens with one attached hydrogen (secondary N) is 1. The van der Waals surface area contributed by atoms with Crippen molar-refractivity contribution < 1.29 is 18.0 Å². The Morgan fingerprint density at radius 2 is 1.89 bits per heavy atom. The standard InChI is InChI=1S/C19H15F3N4O/c20-19(21,22)17-14(7-4-9-23-17)18(27)26-10-8-13-15(11-26)24-25-16(13)12-5-2-1-3-6-12/h1-7,9H,8,10-11H2,(H,24,25). The van der Waals surface area contributed by atoms with Crippen LogP contribution >= 0.6 is 0 Å². The van der Waals surface area contributed by atoms with E-state index in [1.165, 1.54) is 11.0 Å². The summed E-state index contributed by atoms with van der Waals surface area (Å²) in [5, 5.41) is 7.26. The second-order valence-corrected chi connectivity index (χ2v) is 6.27. The molecule has 27 heavy (non-hydrogen) atoms. The topological polar surface area (TPSA) is 61.9 Å². The first-order chi connectivity index (χ1) is 12.9. The lowest BCUT2D eigenvalue weighted by atomic mass is 9.99. The van der Waals surface area contributed by atoms with Gasteiger partial charge in [0.25, 0.3) is 5.91 Å². The lowest BCUT2D eigenvalue weighted by Crippen LogP contribution is -2.37. The number of aromatic amines is 1. The van der Waals surface area contributed by atoms with Gasteiger partial charge in [-0.2, -0.15) is 18.3 Å². The van der Waals surface area contributed by atoms with Crippen LogP contribution in [0.4, 0.5) is 13.2 Å². The lowest BCUT2D eigenvalue weighted by Gasteiger charge is -2.27. The molecule has 1 N–H and O–H groups in total. The van der Waals surface area contributed by atoms with Crippen molar-refractivity contribution in [3.05, 3.63) is 71.2 Å². The van der Waals surface area contributed by atoms with Crippen LogP contribution < -0.4 is 0 Å². The van der Waals surface area contributed by atoms with Crippen molar-refractivity contribution in [2.24, 2.45) is 0 Å². The van der Waals surface area contributed by atoms with Gasteiger partial charge in [-0.25, -0.2) is 0 Å². The van der Waals surface area contributed by atoms with Gasteiger partial charge in [0.05, 0.1) is 23.5 Å². The molecule has 1 aliphatic heterocycles. The number of benzene rings is 1. The molecular formula is C19H15F3N4O. The molecule has 2 aromatic heterocycles. The van der Waals surface area contributed by atoms with E-state index in [1.54, 1.807) is 0 Å². The molecule has 0 spiro atoms. The summed E-state index contributed by atoms with van der Waals surface area (Å²) in [6, 6.07) is 12.1. The molecule has 0 atom stereocenters. The van der Waals surface area contributed by atoms with E-state index in [0.29, 0.717) is 13.0 Å². The summed E-state index contributed by atoms with van der Waals surface area (Å²) < 4.78 is 39.5. The van der Waals surface area contributed by atoms with Crippen molar-refractivity contribution in [3.8, 4) is 11.3 Å². The minimum atomic E-state index is -4.68. The Balaban J connectivity index is 1.61. The molecule has 0 bridgehead atoms. The molecule has 0 radical (unpaired) electrons. The van der Waals surface area contributed by atoms with Crippen molar-refractivity contribution in [2.75, 3.05) is 6.54 Å². The van der Waals surface area contributed by atoms with Crippen molar-refractivity contribution >= 4 is 5.91 Å². The zero-order chi connectivity index (χ0) is 19.0. The molecule has 1 aromatic carbocycles. The lowest BCUT2D eigenvalue weighted by molar-refractivity contribution is -0.141. The van der Waals surface area contributed by atoms with E-state index in [0.717, 1.165) is 34.8 Å². The Labute approximate surface area is 152 Å². The third-order valence-corrected chi connectivity index (χ3v) is 4.57. The number of fused-ring (bicyclic) bond motifs is 1. The van der Waals surface area contributed by atoms with E-state index in [4.69, 9.17) is 0 Å². The SMILES string of the molecule is O=C(c1cccnc1C(F)(F)F)N1CCc2c(-c3ccccc3)n[nH]c2C1. The first-order valence-corrected chi connectivity index (χ1v) is 8.38. The van der Waals surface area contributed by atoms with Crippen molar-refractivity contribution in [2.45, 2.75) is 19.1 Å². The van der Waals surface area contributed by atoms with E-state index >= 15 is 0 Å². The van der Waals surface area contributed by atoms with Gasteiger partial charge < -0.3 is 4.90 Å². The Hall–Kier alpha value is -3.16. The normalized spacial score (nSPS) is 14.1. The van der Waals surface area contributed by atoms with E-state index in [9.17, 15) is 18.0 Å². The first kappa shape index (κ1) is 17.3. The highest BCUT2D eigenvalue weighted by Crippen LogP contribution is 2.32. The first-order valence-electron chi connectivity index (χ1n) is 8.38. The number of alkyl halides is 3. The minimum Gasteiger partial charge on any atom is -0.332 e. The molecule has 5 nitrogen and oxygen atoms in total. The molecule has 0 unspecified atom stereocenters. The molecule has 1 aliphatic rings. The van der Waals surface area contributed by atoms with Crippen LogP contribution in [-0.2, 0) is 19.1 Å². The fraction of sp³-hybridized carbons (Fsp3) is 0.211. The molecule has 3 aromatic rings. The number of carbonyl (C=O) groups excluding carboxylic acids is 1. The molecule has 138 valence electrons. The van der Waals surface area contributed by atoms with Crippen molar-refractivity contribution in [1.29, 1.82) is 0 Å². The van der Waals surface area contributed by atoms with Crippen LogP contribution in [-0.4, -0.2) is 32.5 Å². The summed E-state index contributed by atoms with van der Waals surface area (Å²) in [5.41, 5.74) is 1.92. The number of aromatic nitrogens is 3. The van der Waals surface area contributed by atoms with Crippen LogP contribution in [0.3, 0.4) is 0 Å². The second-order valence-electron chi connectivity index (χ2n) is 6.27. The van der Waals surface area contributed by atoms with E-state index in [-0.39, 0.29) is 6.54 Å². The number of hydrogen-bond acceptors (Lipinski definition) is 3. The average Bonchev–Trinajstić information content (AvgIpc) is 3.10. The molecular weight excluding hydrogens is 357 g/mol. The summed E-state index contributed by atoms with van der Waals surface area (Å²) in [4.78, 5) is 17.5. The van der Waals surface area contributed by atoms with Crippen LogP contribution in [0.15, 0.2) is 48.7 Å². The van der Waals surface area contributed by atoms with E-state index in [2.05, 4.69) is 15.2 Å². The molecule has 8 heteroatoms. The third kappa shape index (κ3) is 3.18. The van der Waals surface area contributed by atoms with Gasteiger partial charge in [-0.1, -0.05) is 30.3 Å². The van der Waals surface area contributed by atoms with Crippen LogP contribution in [0.25, 0.3) is 11.3 Å². The summed E-state index contributed by atoms with van der Waals surface area (Å²) in [6.45, 7) is 0.498. The maximum atomic E-state index is 13.2. The Bertz CT molecular complexity index is 982. The van der Waals surface area contributed by atoms with Gasteiger partial charge in [0.1, 0.15) is 0 Å². The van der Waals surface area contributed by atoms with Gasteiger partial charge in [-0.3, -0.25) is 14.9 Å². The predicted molar refractivity (Wildman–Crippen MR) is 91.7 cm³/mol. The highest BCUT2D eigenvalue weighted by atomic mass is 19.4. The van der Waals surface area contributed by atoms with Crippen LogP contribution in [0, 0.1) is 0 Å². The largest absolute Gasteiger partial charge is 0.434 e. The van der Waals surface area contributed by atoms with Gasteiger partial charge in [-0.05, 0) is 18.6 Å². The molecule has 4 rings (SSSR count). The highest BCUT2D eigenvalue weighted by Gasteiger charge is 2.38. The Kier molecular flexibility index (Phi) is 4.18. The van der Waals surface area contributed by atoms with Gasteiger partial charge in [-0.15, -0.1) is 0 Å².